The number of halogens is 3. The molecule has 0 spiro atoms. The molecule has 2 aromatic carbocycles. The zero-order valence-electron chi connectivity index (χ0n) is 16.4. The van der Waals surface area contributed by atoms with E-state index in [1.165, 1.54) is 20.3 Å². The van der Waals surface area contributed by atoms with E-state index in [0.29, 0.717) is 29.2 Å². The highest BCUT2D eigenvalue weighted by Crippen LogP contribution is 2.24. The highest BCUT2D eigenvalue weighted by molar-refractivity contribution is 6.34. The van der Waals surface area contributed by atoms with Crippen LogP contribution in [-0.2, 0) is 6.54 Å². The van der Waals surface area contributed by atoms with Gasteiger partial charge in [-0.05, 0) is 24.3 Å². The lowest BCUT2D eigenvalue weighted by atomic mass is 10.2. The van der Waals surface area contributed by atoms with Crippen LogP contribution >= 0.6 is 11.6 Å². The average molecular weight is 451 g/mol. The molecule has 8 nitrogen and oxygen atoms in total. The summed E-state index contributed by atoms with van der Waals surface area (Å²) in [7, 11) is 3.03. The number of methoxy groups -OCH3 is 2. The third-order valence-electron chi connectivity index (χ3n) is 4.25. The predicted octanol–water partition coefficient (Wildman–Crippen LogP) is 3.54. The fourth-order valence-electron chi connectivity index (χ4n) is 2.65. The maximum atomic E-state index is 13.4. The first-order chi connectivity index (χ1) is 14.8. The molecule has 2 amide bonds. The number of rotatable bonds is 7. The average Bonchev–Trinajstić information content (AvgIpc) is 3.22. The lowest BCUT2D eigenvalue weighted by molar-refractivity contribution is 0.0944. The van der Waals surface area contributed by atoms with Gasteiger partial charge in [-0.1, -0.05) is 11.6 Å². The Kier molecular flexibility index (Phi) is 6.71. The summed E-state index contributed by atoms with van der Waals surface area (Å²) in [6, 6.07) is 7.83. The first kappa shape index (κ1) is 22.0. The number of nitrogens with one attached hydrogen (secondary N) is 3. The van der Waals surface area contributed by atoms with Gasteiger partial charge in [0, 0.05) is 24.2 Å². The summed E-state index contributed by atoms with van der Waals surface area (Å²) in [5.41, 5.74) is 0.445. The molecular formula is C20H17ClF2N4O4. The van der Waals surface area contributed by atoms with E-state index >= 15 is 0 Å². The normalized spacial score (nSPS) is 10.5. The molecule has 3 rings (SSSR count). The van der Waals surface area contributed by atoms with Crippen molar-refractivity contribution in [3.8, 4) is 11.5 Å². The first-order valence-electron chi connectivity index (χ1n) is 8.82. The van der Waals surface area contributed by atoms with Gasteiger partial charge in [0.2, 0.25) is 0 Å². The smallest absolute Gasteiger partial charge is 0.272 e. The van der Waals surface area contributed by atoms with Crippen LogP contribution < -0.4 is 20.1 Å². The van der Waals surface area contributed by atoms with Gasteiger partial charge in [-0.15, -0.1) is 0 Å². The minimum Gasteiger partial charge on any atom is -0.497 e. The summed E-state index contributed by atoms with van der Waals surface area (Å²) in [5.74, 6) is -2.48. The molecule has 0 atom stereocenters. The fourth-order valence-corrected chi connectivity index (χ4v) is 2.89. The summed E-state index contributed by atoms with van der Waals surface area (Å²) in [5, 5.41) is 11.1. The van der Waals surface area contributed by atoms with Crippen molar-refractivity contribution in [2.45, 2.75) is 6.54 Å². The molecule has 0 aliphatic carbocycles. The number of hydrogen-bond acceptors (Lipinski definition) is 5. The Morgan fingerprint density at radius 2 is 1.81 bits per heavy atom. The fraction of sp³-hybridized carbons (Fsp3) is 0.150. The number of H-pyrrole nitrogens is 1. The van der Waals surface area contributed by atoms with Crippen molar-refractivity contribution < 1.29 is 27.8 Å². The molecule has 0 unspecified atom stereocenters. The van der Waals surface area contributed by atoms with Crippen molar-refractivity contribution in [1.82, 2.24) is 15.5 Å². The molecule has 0 bridgehead atoms. The number of amides is 2. The predicted molar refractivity (Wildman–Crippen MR) is 109 cm³/mol. The van der Waals surface area contributed by atoms with Crippen LogP contribution in [0.4, 0.5) is 14.6 Å². The molecule has 162 valence electrons. The molecule has 0 aliphatic heterocycles. The second kappa shape index (κ2) is 9.43. The van der Waals surface area contributed by atoms with E-state index in [4.69, 9.17) is 21.1 Å². The van der Waals surface area contributed by atoms with E-state index in [2.05, 4.69) is 20.8 Å². The summed E-state index contributed by atoms with van der Waals surface area (Å²) >= 11 is 5.79. The highest BCUT2D eigenvalue weighted by atomic mass is 35.5. The third-order valence-corrected chi connectivity index (χ3v) is 4.56. The Labute approximate surface area is 180 Å². The van der Waals surface area contributed by atoms with E-state index in [1.54, 1.807) is 18.2 Å². The number of anilines is 1. The lowest BCUT2D eigenvalue weighted by Crippen LogP contribution is -2.23. The molecule has 31 heavy (non-hydrogen) atoms. The minimum absolute atomic E-state index is 0.000776. The van der Waals surface area contributed by atoms with E-state index in [0.717, 1.165) is 0 Å². The van der Waals surface area contributed by atoms with E-state index < -0.39 is 23.4 Å². The Morgan fingerprint density at radius 1 is 1.06 bits per heavy atom. The highest BCUT2D eigenvalue weighted by Gasteiger charge is 2.17. The molecule has 0 saturated carbocycles. The first-order valence-corrected chi connectivity index (χ1v) is 9.20. The van der Waals surface area contributed by atoms with Crippen LogP contribution in [0.1, 0.15) is 26.4 Å². The van der Waals surface area contributed by atoms with Crippen molar-refractivity contribution in [2.24, 2.45) is 0 Å². The standard InChI is InChI=1S/C20H17ClF2N4O4/c1-30-11-4-3-10(17(5-11)31-2)9-24-20(29)16-8-18(27-26-16)25-19(28)12-6-14(22)15(23)7-13(12)21/h3-8H,9H2,1-2H3,(H,24,29)(H2,25,26,27,28). The van der Waals surface area contributed by atoms with Crippen LogP contribution in [0, 0.1) is 11.6 Å². The second-order valence-electron chi connectivity index (χ2n) is 6.23. The third kappa shape index (κ3) is 5.10. The summed E-state index contributed by atoms with van der Waals surface area (Å²) in [4.78, 5) is 24.6. The maximum absolute atomic E-state index is 13.4. The Bertz CT molecular complexity index is 1140. The molecule has 11 heteroatoms. The number of carbonyl (C=O) groups is 2. The zero-order valence-corrected chi connectivity index (χ0v) is 17.1. The summed E-state index contributed by atoms with van der Waals surface area (Å²) in [6.07, 6.45) is 0. The largest absolute Gasteiger partial charge is 0.497 e. The van der Waals surface area contributed by atoms with Gasteiger partial charge in [0.25, 0.3) is 11.8 Å². The van der Waals surface area contributed by atoms with Crippen LogP contribution in [-0.4, -0.2) is 36.2 Å². The van der Waals surface area contributed by atoms with Crippen molar-refractivity contribution >= 4 is 29.2 Å². The monoisotopic (exact) mass is 450 g/mol. The van der Waals surface area contributed by atoms with Gasteiger partial charge in [-0.25, -0.2) is 8.78 Å². The van der Waals surface area contributed by atoms with Gasteiger partial charge in [-0.2, -0.15) is 5.10 Å². The quantitative estimate of drug-likeness (QED) is 0.477. The summed E-state index contributed by atoms with van der Waals surface area (Å²) < 4.78 is 37.0. The number of benzene rings is 2. The molecule has 0 saturated heterocycles. The minimum atomic E-state index is -1.21. The Morgan fingerprint density at radius 3 is 2.52 bits per heavy atom. The van der Waals surface area contributed by atoms with Gasteiger partial charge >= 0.3 is 0 Å². The lowest BCUT2D eigenvalue weighted by Gasteiger charge is -2.10. The number of aromatic amines is 1. The molecule has 3 aromatic rings. The van der Waals surface area contributed by atoms with Crippen molar-refractivity contribution in [2.75, 3.05) is 19.5 Å². The number of ether oxygens (including phenoxy) is 2. The number of carbonyl (C=O) groups excluding carboxylic acids is 2. The molecule has 1 heterocycles. The number of aromatic nitrogens is 2. The second-order valence-corrected chi connectivity index (χ2v) is 6.63. The number of hydrogen-bond donors (Lipinski definition) is 3. The Hall–Kier alpha value is -3.66. The van der Waals surface area contributed by atoms with Gasteiger partial charge in [0.1, 0.15) is 17.3 Å². The summed E-state index contributed by atoms with van der Waals surface area (Å²) in [6.45, 7) is 0.158. The zero-order chi connectivity index (χ0) is 22.5. The molecular weight excluding hydrogens is 434 g/mol. The van der Waals surface area contributed by atoms with Crippen LogP contribution in [0.15, 0.2) is 36.4 Å². The van der Waals surface area contributed by atoms with Gasteiger partial charge in [0.05, 0.1) is 24.8 Å². The van der Waals surface area contributed by atoms with Crippen LogP contribution in [0.2, 0.25) is 5.02 Å². The SMILES string of the molecule is COc1ccc(CNC(=O)c2cc(NC(=O)c3cc(F)c(F)cc3Cl)[nH]n2)c(OC)c1. The van der Waals surface area contributed by atoms with Gasteiger partial charge in [0.15, 0.2) is 17.3 Å². The molecule has 0 aliphatic rings. The van der Waals surface area contributed by atoms with Crippen molar-refractivity contribution in [3.05, 3.63) is 69.9 Å². The maximum Gasteiger partial charge on any atom is 0.272 e. The van der Waals surface area contributed by atoms with E-state index in [9.17, 15) is 18.4 Å². The molecule has 0 fully saturated rings. The van der Waals surface area contributed by atoms with Gasteiger partial charge < -0.3 is 20.1 Å². The van der Waals surface area contributed by atoms with Crippen molar-refractivity contribution in [3.63, 3.8) is 0 Å². The van der Waals surface area contributed by atoms with E-state index in [-0.39, 0.29) is 28.6 Å². The van der Waals surface area contributed by atoms with Crippen LogP contribution in [0.25, 0.3) is 0 Å². The van der Waals surface area contributed by atoms with Crippen LogP contribution in [0.5, 0.6) is 11.5 Å². The molecule has 3 N–H and O–H groups in total. The topological polar surface area (TPSA) is 105 Å². The molecule has 1 aromatic heterocycles. The van der Waals surface area contributed by atoms with Gasteiger partial charge in [-0.3, -0.25) is 14.7 Å². The number of nitrogens with zero attached hydrogens (tertiary/aromatic N) is 1. The van der Waals surface area contributed by atoms with Crippen molar-refractivity contribution in [1.29, 1.82) is 0 Å². The molecule has 0 radical (unpaired) electrons. The van der Waals surface area contributed by atoms with Crippen LogP contribution in [0.3, 0.4) is 0 Å². The Balaban J connectivity index is 1.65. The van der Waals surface area contributed by atoms with E-state index in [1.807, 2.05) is 0 Å².